The van der Waals surface area contributed by atoms with Crippen molar-refractivity contribution >= 4 is 11.6 Å². The normalized spacial score (nSPS) is 10.4. The van der Waals surface area contributed by atoms with Gasteiger partial charge in [0.1, 0.15) is 0 Å². The van der Waals surface area contributed by atoms with Gasteiger partial charge in [-0.25, -0.2) is 0 Å². The number of benzene rings is 1. The van der Waals surface area contributed by atoms with Crippen LogP contribution in [0.15, 0.2) is 24.3 Å². The number of hydrogen-bond donors (Lipinski definition) is 2. The Morgan fingerprint density at radius 1 is 0.952 bits per heavy atom. The first-order chi connectivity index (χ1) is 10.3. The predicted molar refractivity (Wildman–Crippen MR) is 90.9 cm³/mol. The predicted octanol–water partition coefficient (Wildman–Crippen LogP) is 4.60. The molecule has 0 aliphatic carbocycles. The van der Waals surface area contributed by atoms with Crippen molar-refractivity contribution in [2.75, 3.05) is 18.9 Å². The van der Waals surface area contributed by atoms with Crippen LogP contribution in [-0.2, 0) is 0 Å². The lowest BCUT2D eigenvalue weighted by molar-refractivity contribution is 0.0953. The van der Waals surface area contributed by atoms with Crippen LogP contribution in [0, 0.1) is 0 Å². The first-order valence-electron chi connectivity index (χ1n) is 8.34. The van der Waals surface area contributed by atoms with Crippen LogP contribution in [0.3, 0.4) is 0 Å². The molecule has 0 aliphatic rings. The lowest BCUT2D eigenvalue weighted by atomic mass is 10.1. The maximum absolute atomic E-state index is 12.1. The molecule has 3 heteroatoms. The highest BCUT2D eigenvalue weighted by atomic mass is 16.1. The van der Waals surface area contributed by atoms with E-state index >= 15 is 0 Å². The Morgan fingerprint density at radius 3 is 2.24 bits per heavy atom. The lowest BCUT2D eigenvalue weighted by Gasteiger charge is -2.09. The molecule has 0 radical (unpaired) electrons. The molecule has 21 heavy (non-hydrogen) atoms. The number of unbranched alkanes of at least 4 members (excludes halogenated alkanes) is 7. The summed E-state index contributed by atoms with van der Waals surface area (Å²) in [5.41, 5.74) is 1.60. The first-order valence-corrected chi connectivity index (χ1v) is 8.34. The molecule has 2 N–H and O–H groups in total. The van der Waals surface area contributed by atoms with Gasteiger partial charge >= 0.3 is 0 Å². The Labute approximate surface area is 129 Å². The quantitative estimate of drug-likeness (QED) is 0.585. The van der Waals surface area contributed by atoms with Gasteiger partial charge in [0.05, 0.1) is 5.56 Å². The Morgan fingerprint density at radius 2 is 1.57 bits per heavy atom. The number of rotatable bonds is 11. The second-order valence-corrected chi connectivity index (χ2v) is 5.53. The van der Waals surface area contributed by atoms with Crippen molar-refractivity contribution in [3.05, 3.63) is 29.8 Å². The summed E-state index contributed by atoms with van der Waals surface area (Å²) in [6.07, 6.45) is 10.3. The summed E-state index contributed by atoms with van der Waals surface area (Å²) in [5, 5.41) is 6.06. The fourth-order valence-corrected chi connectivity index (χ4v) is 2.46. The zero-order valence-electron chi connectivity index (χ0n) is 13.6. The average molecular weight is 290 g/mol. The highest BCUT2D eigenvalue weighted by Crippen LogP contribution is 2.13. The summed E-state index contributed by atoms with van der Waals surface area (Å²) in [6.45, 7) is 3.01. The van der Waals surface area contributed by atoms with Gasteiger partial charge in [0.25, 0.3) is 5.91 Å². The van der Waals surface area contributed by atoms with E-state index in [2.05, 4.69) is 17.6 Å². The van der Waals surface area contributed by atoms with Crippen molar-refractivity contribution < 1.29 is 4.79 Å². The molecule has 118 valence electrons. The standard InChI is InChI=1S/C18H30N2O/c1-3-4-5-6-7-8-9-12-15-20-18(21)16-13-10-11-14-17(16)19-2/h10-11,13-14,19H,3-9,12,15H2,1-2H3,(H,20,21). The van der Waals surface area contributed by atoms with Crippen molar-refractivity contribution in [3.63, 3.8) is 0 Å². The lowest BCUT2D eigenvalue weighted by Crippen LogP contribution is -2.25. The molecule has 0 spiro atoms. The van der Waals surface area contributed by atoms with Gasteiger partial charge in [0, 0.05) is 19.3 Å². The largest absolute Gasteiger partial charge is 0.387 e. The van der Waals surface area contributed by atoms with E-state index in [0.717, 1.165) is 24.2 Å². The number of anilines is 1. The van der Waals surface area contributed by atoms with E-state index in [1.54, 1.807) is 0 Å². The number of hydrogen-bond acceptors (Lipinski definition) is 2. The second kappa shape index (κ2) is 11.2. The monoisotopic (exact) mass is 290 g/mol. The van der Waals surface area contributed by atoms with Gasteiger partial charge in [-0.05, 0) is 18.6 Å². The zero-order valence-corrected chi connectivity index (χ0v) is 13.6. The molecule has 0 saturated heterocycles. The molecular weight excluding hydrogens is 260 g/mol. The summed E-state index contributed by atoms with van der Waals surface area (Å²) < 4.78 is 0. The minimum absolute atomic E-state index is 0.0166. The molecule has 1 aromatic carbocycles. The van der Waals surface area contributed by atoms with Crippen molar-refractivity contribution in [1.82, 2.24) is 5.32 Å². The fourth-order valence-electron chi connectivity index (χ4n) is 2.46. The molecule has 1 aromatic rings. The summed E-state index contributed by atoms with van der Waals surface area (Å²) in [6, 6.07) is 7.60. The van der Waals surface area contributed by atoms with Gasteiger partial charge < -0.3 is 10.6 Å². The molecule has 0 fully saturated rings. The van der Waals surface area contributed by atoms with Gasteiger partial charge in [-0.3, -0.25) is 4.79 Å². The zero-order chi connectivity index (χ0) is 15.3. The average Bonchev–Trinajstić information content (AvgIpc) is 2.53. The van der Waals surface area contributed by atoms with E-state index in [0.29, 0.717) is 0 Å². The molecule has 3 nitrogen and oxygen atoms in total. The summed E-state index contributed by atoms with van der Waals surface area (Å²) in [4.78, 5) is 12.1. The van der Waals surface area contributed by atoms with E-state index in [1.807, 2.05) is 31.3 Å². The third-order valence-electron chi connectivity index (χ3n) is 3.76. The van der Waals surface area contributed by atoms with Crippen molar-refractivity contribution in [2.45, 2.75) is 58.3 Å². The minimum Gasteiger partial charge on any atom is -0.387 e. The highest BCUT2D eigenvalue weighted by Gasteiger charge is 2.08. The number of carbonyl (C=O) groups is 1. The number of nitrogens with one attached hydrogen (secondary N) is 2. The van der Waals surface area contributed by atoms with Crippen LogP contribution in [0.2, 0.25) is 0 Å². The van der Waals surface area contributed by atoms with E-state index in [-0.39, 0.29) is 5.91 Å². The first kappa shape index (κ1) is 17.5. The molecule has 0 heterocycles. The smallest absolute Gasteiger partial charge is 0.253 e. The summed E-state index contributed by atoms with van der Waals surface area (Å²) >= 11 is 0. The maximum atomic E-state index is 12.1. The van der Waals surface area contributed by atoms with Crippen LogP contribution < -0.4 is 10.6 Å². The van der Waals surface area contributed by atoms with Crippen molar-refractivity contribution in [2.24, 2.45) is 0 Å². The third-order valence-corrected chi connectivity index (χ3v) is 3.76. The Hall–Kier alpha value is -1.51. The van der Waals surface area contributed by atoms with Crippen LogP contribution in [-0.4, -0.2) is 19.5 Å². The summed E-state index contributed by atoms with van der Waals surface area (Å²) in [5.74, 6) is 0.0166. The van der Waals surface area contributed by atoms with Crippen LogP contribution >= 0.6 is 0 Å². The highest BCUT2D eigenvalue weighted by molar-refractivity contribution is 5.99. The Balaban J connectivity index is 2.11. The minimum atomic E-state index is 0.0166. The van der Waals surface area contributed by atoms with Crippen molar-refractivity contribution in [1.29, 1.82) is 0 Å². The van der Waals surface area contributed by atoms with Gasteiger partial charge in [-0.15, -0.1) is 0 Å². The van der Waals surface area contributed by atoms with Crippen LogP contribution in [0.4, 0.5) is 5.69 Å². The van der Waals surface area contributed by atoms with E-state index in [9.17, 15) is 4.79 Å². The molecule has 0 atom stereocenters. The molecular formula is C18H30N2O. The second-order valence-electron chi connectivity index (χ2n) is 5.53. The Kier molecular flexibility index (Phi) is 9.34. The SMILES string of the molecule is CCCCCCCCCCNC(=O)c1ccccc1NC. The molecule has 0 bridgehead atoms. The fraction of sp³-hybridized carbons (Fsp3) is 0.611. The number of para-hydroxylation sites is 1. The maximum Gasteiger partial charge on any atom is 0.253 e. The van der Waals surface area contributed by atoms with Crippen molar-refractivity contribution in [3.8, 4) is 0 Å². The van der Waals surface area contributed by atoms with Gasteiger partial charge in [0.15, 0.2) is 0 Å². The van der Waals surface area contributed by atoms with Crippen LogP contribution in [0.1, 0.15) is 68.6 Å². The van der Waals surface area contributed by atoms with Crippen LogP contribution in [0.25, 0.3) is 0 Å². The summed E-state index contributed by atoms with van der Waals surface area (Å²) in [7, 11) is 1.84. The van der Waals surface area contributed by atoms with Gasteiger partial charge in [-0.2, -0.15) is 0 Å². The Bertz CT molecular complexity index is 404. The van der Waals surface area contributed by atoms with Crippen LogP contribution in [0.5, 0.6) is 0 Å². The molecule has 0 aromatic heterocycles. The van der Waals surface area contributed by atoms with E-state index in [1.165, 1.54) is 44.9 Å². The van der Waals surface area contributed by atoms with E-state index in [4.69, 9.17) is 0 Å². The van der Waals surface area contributed by atoms with E-state index < -0.39 is 0 Å². The number of amides is 1. The molecule has 0 aliphatic heterocycles. The molecule has 1 amide bonds. The van der Waals surface area contributed by atoms with Gasteiger partial charge in [0.2, 0.25) is 0 Å². The molecule has 0 unspecified atom stereocenters. The third kappa shape index (κ3) is 7.16. The number of carbonyl (C=O) groups excluding carboxylic acids is 1. The van der Waals surface area contributed by atoms with Gasteiger partial charge in [-0.1, -0.05) is 64.0 Å². The molecule has 1 rings (SSSR count). The molecule has 0 saturated carbocycles. The topological polar surface area (TPSA) is 41.1 Å².